The van der Waals surface area contributed by atoms with E-state index >= 15 is 0 Å². The molecule has 1 aromatic heterocycles. The predicted octanol–water partition coefficient (Wildman–Crippen LogP) is 4.42. The lowest BCUT2D eigenvalue weighted by molar-refractivity contribution is -0.00600. The van der Waals surface area contributed by atoms with Crippen molar-refractivity contribution in [1.82, 2.24) is 15.1 Å². The molecule has 2 fully saturated rings. The molecule has 2 unspecified atom stereocenters. The lowest BCUT2D eigenvalue weighted by atomic mass is 9.74. The summed E-state index contributed by atoms with van der Waals surface area (Å²) in [5, 5.41) is 11.7. The van der Waals surface area contributed by atoms with Crippen LogP contribution in [0.1, 0.15) is 44.4 Å². The Morgan fingerprint density at radius 2 is 1.92 bits per heavy atom. The molecule has 2 aliphatic heterocycles. The molecular weight excluding hydrogens is 324 g/mol. The molecule has 2 bridgehead atoms. The summed E-state index contributed by atoms with van der Waals surface area (Å²) in [6.07, 6.45) is 4.29. The fourth-order valence-electron chi connectivity index (χ4n) is 4.33. The Bertz CT molecular complexity index is 805. The van der Waals surface area contributed by atoms with Crippen molar-refractivity contribution in [3.05, 3.63) is 41.6 Å². The number of hydrogen-bond acceptors (Lipinski definition) is 3. The molecule has 5 heteroatoms. The number of amides is 2. The predicted molar refractivity (Wildman–Crippen MR) is 103 cm³/mol. The van der Waals surface area contributed by atoms with Gasteiger partial charge in [0, 0.05) is 23.3 Å². The molecule has 2 saturated heterocycles. The lowest BCUT2D eigenvalue weighted by Crippen LogP contribution is -2.63. The minimum atomic E-state index is 0.0281. The highest BCUT2D eigenvalue weighted by atomic mass is 16.2. The fraction of sp³-hybridized carbons (Fsp3) is 0.476. The number of benzene rings is 1. The number of fused-ring (bicyclic) bond motifs is 2. The van der Waals surface area contributed by atoms with E-state index in [9.17, 15) is 4.79 Å². The maximum Gasteiger partial charge on any atom is 0.322 e. The topological polar surface area (TPSA) is 58.1 Å². The lowest BCUT2D eigenvalue weighted by Gasteiger charge is -2.54. The number of rotatable bonds is 3. The standard InChI is InChI=1S/C21H26N4O/c1-4-15-7-8-20(24-23-15)19-11-16(6-5-14(19)3)22-21(26)25-17-9-13(2)10-18(25)12-17/h5-8,11,13,17-18H,4,9-10,12H2,1-3H3,(H,22,26). The summed E-state index contributed by atoms with van der Waals surface area (Å²) < 4.78 is 0. The van der Waals surface area contributed by atoms with Gasteiger partial charge in [0.25, 0.3) is 0 Å². The fourth-order valence-corrected chi connectivity index (χ4v) is 4.33. The molecule has 136 valence electrons. The second-order valence-electron chi connectivity index (χ2n) is 7.75. The van der Waals surface area contributed by atoms with Crippen LogP contribution in [-0.2, 0) is 6.42 Å². The second-order valence-corrected chi connectivity index (χ2v) is 7.75. The van der Waals surface area contributed by atoms with Gasteiger partial charge in [0.05, 0.1) is 11.4 Å². The highest BCUT2D eigenvalue weighted by Gasteiger charge is 2.46. The number of hydrogen-bond donors (Lipinski definition) is 1. The van der Waals surface area contributed by atoms with Gasteiger partial charge in [-0.15, -0.1) is 0 Å². The van der Waals surface area contributed by atoms with Crippen LogP contribution >= 0.6 is 0 Å². The van der Waals surface area contributed by atoms with Gasteiger partial charge in [0.15, 0.2) is 0 Å². The zero-order chi connectivity index (χ0) is 18.3. The number of nitrogens with one attached hydrogen (secondary N) is 1. The van der Waals surface area contributed by atoms with Gasteiger partial charge < -0.3 is 10.2 Å². The first-order valence-electron chi connectivity index (χ1n) is 9.58. The van der Waals surface area contributed by atoms with Gasteiger partial charge in [-0.1, -0.05) is 19.9 Å². The van der Waals surface area contributed by atoms with E-state index in [4.69, 9.17) is 0 Å². The van der Waals surface area contributed by atoms with Gasteiger partial charge in [0.2, 0.25) is 0 Å². The number of nitrogens with zero attached hydrogens (tertiary/aromatic N) is 3. The van der Waals surface area contributed by atoms with Crippen molar-refractivity contribution in [1.29, 1.82) is 0 Å². The molecule has 2 aliphatic rings. The molecule has 0 spiro atoms. The zero-order valence-corrected chi connectivity index (χ0v) is 15.7. The smallest absolute Gasteiger partial charge is 0.318 e. The summed E-state index contributed by atoms with van der Waals surface area (Å²) in [4.78, 5) is 14.8. The number of anilines is 1. The molecule has 4 rings (SSSR count). The summed E-state index contributed by atoms with van der Waals surface area (Å²) in [5.41, 5.74) is 4.77. The molecule has 3 heterocycles. The zero-order valence-electron chi connectivity index (χ0n) is 15.7. The summed E-state index contributed by atoms with van der Waals surface area (Å²) in [6.45, 7) is 6.40. The van der Waals surface area contributed by atoms with Crippen LogP contribution in [0.15, 0.2) is 30.3 Å². The van der Waals surface area contributed by atoms with Crippen molar-refractivity contribution >= 4 is 11.7 Å². The van der Waals surface area contributed by atoms with Gasteiger partial charge in [-0.05, 0) is 68.4 Å². The maximum atomic E-state index is 12.7. The Hall–Kier alpha value is -2.43. The van der Waals surface area contributed by atoms with E-state index in [0.29, 0.717) is 12.1 Å². The second kappa shape index (κ2) is 6.71. The Labute approximate surface area is 154 Å². The molecule has 26 heavy (non-hydrogen) atoms. The average Bonchev–Trinajstić information content (AvgIpc) is 2.63. The average molecular weight is 350 g/mol. The molecule has 2 atom stereocenters. The van der Waals surface area contributed by atoms with Crippen molar-refractivity contribution in [2.24, 2.45) is 5.92 Å². The first-order chi connectivity index (χ1) is 12.5. The molecule has 2 amide bonds. The number of aromatic nitrogens is 2. The number of piperidine rings is 1. The number of urea groups is 1. The van der Waals surface area contributed by atoms with Crippen LogP contribution < -0.4 is 5.32 Å². The van der Waals surface area contributed by atoms with Gasteiger partial charge >= 0.3 is 6.03 Å². The normalized spacial score (nSPS) is 24.1. The third-order valence-electron chi connectivity index (χ3n) is 5.76. The molecule has 5 nitrogen and oxygen atoms in total. The van der Waals surface area contributed by atoms with Gasteiger partial charge in [0.1, 0.15) is 0 Å². The minimum Gasteiger partial charge on any atom is -0.318 e. The van der Waals surface area contributed by atoms with E-state index in [1.165, 1.54) is 0 Å². The van der Waals surface area contributed by atoms with Crippen molar-refractivity contribution in [2.45, 2.75) is 58.5 Å². The summed E-state index contributed by atoms with van der Waals surface area (Å²) in [7, 11) is 0. The van der Waals surface area contributed by atoms with E-state index < -0.39 is 0 Å². The van der Waals surface area contributed by atoms with Crippen LogP contribution in [0, 0.1) is 12.8 Å². The van der Waals surface area contributed by atoms with Crippen LogP contribution in [0.3, 0.4) is 0 Å². The van der Waals surface area contributed by atoms with Gasteiger partial charge in [-0.25, -0.2) is 4.79 Å². The van der Waals surface area contributed by atoms with Crippen molar-refractivity contribution in [3.8, 4) is 11.3 Å². The highest BCUT2D eigenvalue weighted by molar-refractivity contribution is 5.91. The van der Waals surface area contributed by atoms with E-state index in [-0.39, 0.29) is 6.03 Å². The largest absolute Gasteiger partial charge is 0.322 e. The van der Waals surface area contributed by atoms with E-state index in [0.717, 1.165) is 59.8 Å². The molecule has 2 aromatic rings. The maximum absolute atomic E-state index is 12.7. The van der Waals surface area contributed by atoms with Crippen LogP contribution in [-0.4, -0.2) is 33.2 Å². The van der Waals surface area contributed by atoms with E-state index in [2.05, 4.69) is 36.3 Å². The van der Waals surface area contributed by atoms with Crippen LogP contribution in [0.2, 0.25) is 0 Å². The first-order valence-corrected chi connectivity index (χ1v) is 9.58. The highest BCUT2D eigenvalue weighted by Crippen LogP contribution is 2.41. The summed E-state index contributed by atoms with van der Waals surface area (Å²) >= 11 is 0. The molecule has 0 saturated carbocycles. The number of aryl methyl sites for hydroxylation is 2. The number of carbonyl (C=O) groups excluding carboxylic acids is 1. The van der Waals surface area contributed by atoms with Crippen LogP contribution in [0.25, 0.3) is 11.3 Å². The number of carbonyl (C=O) groups is 1. The summed E-state index contributed by atoms with van der Waals surface area (Å²) in [6, 6.07) is 10.9. The van der Waals surface area contributed by atoms with Crippen LogP contribution in [0.5, 0.6) is 0 Å². The molecular formula is C21H26N4O. The third kappa shape index (κ3) is 3.06. The van der Waals surface area contributed by atoms with Crippen molar-refractivity contribution in [3.63, 3.8) is 0 Å². The minimum absolute atomic E-state index is 0.0281. The molecule has 0 aliphatic carbocycles. The Balaban J connectivity index is 1.52. The SMILES string of the molecule is CCc1ccc(-c2cc(NC(=O)N3C4CC(C)CC3C4)ccc2C)nn1. The van der Waals surface area contributed by atoms with Crippen molar-refractivity contribution < 1.29 is 4.79 Å². The van der Waals surface area contributed by atoms with Gasteiger partial charge in [-0.2, -0.15) is 10.2 Å². The quantitative estimate of drug-likeness (QED) is 0.891. The monoisotopic (exact) mass is 350 g/mol. The first kappa shape index (κ1) is 17.0. The molecule has 1 aromatic carbocycles. The van der Waals surface area contributed by atoms with Crippen molar-refractivity contribution in [2.75, 3.05) is 5.32 Å². The summed E-state index contributed by atoms with van der Waals surface area (Å²) in [5.74, 6) is 0.735. The Kier molecular flexibility index (Phi) is 4.39. The van der Waals surface area contributed by atoms with Crippen LogP contribution in [0.4, 0.5) is 10.5 Å². The molecule has 1 N–H and O–H groups in total. The Morgan fingerprint density at radius 1 is 1.15 bits per heavy atom. The van der Waals surface area contributed by atoms with E-state index in [1.54, 1.807) is 0 Å². The van der Waals surface area contributed by atoms with E-state index in [1.807, 2.05) is 35.2 Å². The molecule has 0 radical (unpaired) electrons. The van der Waals surface area contributed by atoms with Gasteiger partial charge in [-0.3, -0.25) is 0 Å². The third-order valence-corrected chi connectivity index (χ3v) is 5.76. The Morgan fingerprint density at radius 3 is 2.58 bits per heavy atom.